The number of anilines is 2. The van der Waals surface area contributed by atoms with Crippen molar-refractivity contribution in [3.8, 4) is 0 Å². The number of nitrogens with zero attached hydrogens (tertiary/aromatic N) is 2. The number of rotatable bonds is 3. The van der Waals surface area contributed by atoms with Gasteiger partial charge in [-0.15, -0.1) is 0 Å². The van der Waals surface area contributed by atoms with Gasteiger partial charge in [-0.2, -0.15) is 31.4 Å². The number of halogens is 7. The molecule has 4 rings (SSSR count). The van der Waals surface area contributed by atoms with Gasteiger partial charge in [0, 0.05) is 22.6 Å². The number of hydrogen-bond donors (Lipinski definition) is 2. The van der Waals surface area contributed by atoms with E-state index in [4.69, 9.17) is 0 Å². The van der Waals surface area contributed by atoms with Crippen LogP contribution in [0.2, 0.25) is 0 Å². The molecule has 0 spiro atoms. The average molecular weight is 533 g/mol. The third-order valence-electron chi connectivity index (χ3n) is 5.14. The standard InChI is InChI=1S/C21H15BrF6N4O/c22-13-6-4-11(5-7-13)15-9-17(21(26,27)28)32-18(30-15)10-16(31-32)19(33)29-14-3-1-2-12(8-14)20(23,24)25/h1-8,10,15,17,30H,9H2,(H,29,33)/t15-,17+/m1/s1. The Labute approximate surface area is 191 Å². The molecule has 2 atom stereocenters. The summed E-state index contributed by atoms with van der Waals surface area (Å²) in [6.07, 6.45) is -9.60. The fourth-order valence-electron chi connectivity index (χ4n) is 3.57. The molecule has 12 heteroatoms. The predicted octanol–water partition coefficient (Wildman–Crippen LogP) is 6.58. The molecule has 3 aromatic rings. The van der Waals surface area contributed by atoms with Gasteiger partial charge in [-0.25, -0.2) is 4.68 Å². The van der Waals surface area contributed by atoms with Crippen LogP contribution < -0.4 is 10.6 Å². The number of carbonyl (C=O) groups is 1. The van der Waals surface area contributed by atoms with E-state index < -0.39 is 35.9 Å². The lowest BCUT2D eigenvalue weighted by atomic mass is 9.97. The Morgan fingerprint density at radius 3 is 2.39 bits per heavy atom. The average Bonchev–Trinajstić information content (AvgIpc) is 3.17. The van der Waals surface area contributed by atoms with Gasteiger partial charge >= 0.3 is 12.4 Å². The maximum Gasteiger partial charge on any atom is 0.416 e. The van der Waals surface area contributed by atoms with Crippen LogP contribution in [0.15, 0.2) is 59.1 Å². The number of benzene rings is 2. The molecule has 1 amide bonds. The summed E-state index contributed by atoms with van der Waals surface area (Å²) in [4.78, 5) is 12.6. The molecule has 2 aromatic carbocycles. The smallest absolute Gasteiger partial charge is 0.363 e. The third-order valence-corrected chi connectivity index (χ3v) is 5.67. The maximum absolute atomic E-state index is 13.8. The van der Waals surface area contributed by atoms with Gasteiger partial charge in [-0.3, -0.25) is 4.79 Å². The van der Waals surface area contributed by atoms with E-state index in [1.54, 1.807) is 24.3 Å². The van der Waals surface area contributed by atoms with E-state index >= 15 is 0 Å². The van der Waals surface area contributed by atoms with Crippen molar-refractivity contribution in [2.75, 3.05) is 10.6 Å². The van der Waals surface area contributed by atoms with Gasteiger partial charge in [0.25, 0.3) is 5.91 Å². The van der Waals surface area contributed by atoms with Crippen molar-refractivity contribution >= 4 is 33.3 Å². The Bertz CT molecular complexity index is 1170. The summed E-state index contributed by atoms with van der Waals surface area (Å²) in [5.41, 5.74) is -0.870. The molecule has 2 N–H and O–H groups in total. The van der Waals surface area contributed by atoms with Crippen molar-refractivity contribution < 1.29 is 31.1 Å². The minimum atomic E-state index is -4.63. The van der Waals surface area contributed by atoms with Crippen molar-refractivity contribution in [2.45, 2.75) is 30.9 Å². The number of aromatic nitrogens is 2. The van der Waals surface area contributed by atoms with E-state index in [9.17, 15) is 31.1 Å². The first-order valence-corrected chi connectivity index (χ1v) is 10.4. The molecule has 0 saturated carbocycles. The van der Waals surface area contributed by atoms with Gasteiger partial charge in [-0.05, 0) is 35.9 Å². The number of fused-ring (bicyclic) bond motifs is 1. The van der Waals surface area contributed by atoms with Gasteiger partial charge in [0.15, 0.2) is 11.7 Å². The monoisotopic (exact) mass is 532 g/mol. The van der Waals surface area contributed by atoms with E-state index in [0.29, 0.717) is 10.2 Å². The number of carbonyl (C=O) groups excluding carboxylic acids is 1. The Hall–Kier alpha value is -3.02. The molecule has 2 heterocycles. The van der Waals surface area contributed by atoms with Crippen molar-refractivity contribution in [3.05, 3.63) is 75.9 Å². The molecule has 0 radical (unpaired) electrons. The van der Waals surface area contributed by atoms with E-state index in [1.165, 1.54) is 6.07 Å². The summed E-state index contributed by atoms with van der Waals surface area (Å²) >= 11 is 3.28. The molecule has 5 nitrogen and oxygen atoms in total. The maximum atomic E-state index is 13.8. The summed E-state index contributed by atoms with van der Waals surface area (Å²) in [6.45, 7) is 0. The van der Waals surface area contributed by atoms with Crippen LogP contribution in [-0.4, -0.2) is 21.9 Å². The molecule has 1 aliphatic heterocycles. The lowest BCUT2D eigenvalue weighted by Gasteiger charge is -2.33. The largest absolute Gasteiger partial charge is 0.416 e. The van der Waals surface area contributed by atoms with Crippen molar-refractivity contribution in [3.63, 3.8) is 0 Å². The summed E-state index contributed by atoms with van der Waals surface area (Å²) < 4.78 is 81.5. The highest BCUT2D eigenvalue weighted by Crippen LogP contribution is 2.43. The molecule has 0 bridgehead atoms. The van der Waals surface area contributed by atoms with E-state index in [0.717, 1.165) is 28.7 Å². The SMILES string of the molecule is O=C(Nc1cccc(C(F)(F)F)c1)c1cc2n(n1)[C@H](C(F)(F)F)C[C@H](c1ccc(Br)cc1)N2. The lowest BCUT2D eigenvalue weighted by molar-refractivity contribution is -0.173. The summed E-state index contributed by atoms with van der Waals surface area (Å²) in [5.74, 6) is -0.954. The van der Waals surface area contributed by atoms with Crippen LogP contribution in [0.1, 0.15) is 40.1 Å². The molecule has 174 valence electrons. The number of hydrogen-bond acceptors (Lipinski definition) is 3. The van der Waals surface area contributed by atoms with Crippen molar-refractivity contribution in [1.82, 2.24) is 9.78 Å². The van der Waals surface area contributed by atoms with Crippen LogP contribution in [0.25, 0.3) is 0 Å². The highest BCUT2D eigenvalue weighted by atomic mass is 79.9. The van der Waals surface area contributed by atoms with Crippen LogP contribution in [0.4, 0.5) is 37.8 Å². The van der Waals surface area contributed by atoms with Crippen LogP contribution in [0.5, 0.6) is 0 Å². The van der Waals surface area contributed by atoms with Crippen LogP contribution in [-0.2, 0) is 6.18 Å². The topological polar surface area (TPSA) is 59.0 Å². The zero-order valence-electron chi connectivity index (χ0n) is 16.5. The van der Waals surface area contributed by atoms with Crippen molar-refractivity contribution in [1.29, 1.82) is 0 Å². The van der Waals surface area contributed by atoms with E-state index in [-0.39, 0.29) is 23.6 Å². The first kappa shape index (κ1) is 23.1. The molecule has 0 aliphatic carbocycles. The number of alkyl halides is 6. The van der Waals surface area contributed by atoms with Gasteiger partial charge in [0.05, 0.1) is 11.6 Å². The van der Waals surface area contributed by atoms with E-state index in [2.05, 4.69) is 31.7 Å². The van der Waals surface area contributed by atoms with Gasteiger partial charge < -0.3 is 10.6 Å². The molecule has 1 aliphatic rings. The van der Waals surface area contributed by atoms with Gasteiger partial charge in [0.2, 0.25) is 0 Å². The quantitative estimate of drug-likeness (QED) is 0.375. The predicted molar refractivity (Wildman–Crippen MR) is 112 cm³/mol. The minimum Gasteiger partial charge on any atom is -0.363 e. The van der Waals surface area contributed by atoms with Gasteiger partial charge in [-0.1, -0.05) is 34.1 Å². The zero-order chi connectivity index (χ0) is 24.0. The van der Waals surface area contributed by atoms with Crippen LogP contribution >= 0.6 is 15.9 Å². The molecular weight excluding hydrogens is 518 g/mol. The fourth-order valence-corrected chi connectivity index (χ4v) is 3.83. The van der Waals surface area contributed by atoms with Crippen molar-refractivity contribution in [2.24, 2.45) is 0 Å². The lowest BCUT2D eigenvalue weighted by Crippen LogP contribution is -2.35. The van der Waals surface area contributed by atoms with Gasteiger partial charge in [0.1, 0.15) is 5.82 Å². The normalized spacial score (nSPS) is 18.4. The van der Waals surface area contributed by atoms with Crippen LogP contribution in [0, 0.1) is 0 Å². The molecule has 0 saturated heterocycles. The summed E-state index contributed by atoms with van der Waals surface area (Å²) in [7, 11) is 0. The first-order valence-electron chi connectivity index (χ1n) is 9.59. The fraction of sp³-hybridized carbons (Fsp3) is 0.238. The third kappa shape index (κ3) is 5.00. The summed E-state index contributed by atoms with van der Waals surface area (Å²) in [5, 5.41) is 9.01. The highest BCUT2D eigenvalue weighted by molar-refractivity contribution is 9.10. The second-order valence-electron chi connectivity index (χ2n) is 7.43. The summed E-state index contributed by atoms with van der Waals surface area (Å²) in [6, 6.07) is 9.17. The Balaban J connectivity index is 1.62. The second kappa shape index (κ2) is 8.40. The molecule has 0 unspecified atom stereocenters. The molecule has 33 heavy (non-hydrogen) atoms. The second-order valence-corrected chi connectivity index (χ2v) is 8.35. The Morgan fingerprint density at radius 2 is 1.76 bits per heavy atom. The number of nitrogens with one attached hydrogen (secondary N) is 2. The zero-order valence-corrected chi connectivity index (χ0v) is 18.1. The Morgan fingerprint density at radius 1 is 1.06 bits per heavy atom. The number of amides is 1. The minimum absolute atomic E-state index is 0.0225. The first-order chi connectivity index (χ1) is 15.4. The highest BCUT2D eigenvalue weighted by Gasteiger charge is 2.46. The van der Waals surface area contributed by atoms with Crippen LogP contribution in [0.3, 0.4) is 0 Å². The van der Waals surface area contributed by atoms with E-state index in [1.807, 2.05) is 0 Å². The molecule has 0 fully saturated rings. The molecule has 1 aromatic heterocycles. The molecular formula is C21H15BrF6N4O. The Kier molecular flexibility index (Phi) is 5.89.